The molecule has 0 amide bonds. The van der Waals surface area contributed by atoms with Gasteiger partial charge in [0.25, 0.3) is 0 Å². The van der Waals surface area contributed by atoms with Gasteiger partial charge in [-0.3, -0.25) is 4.98 Å². The number of aromatic nitrogens is 1. The Morgan fingerprint density at radius 3 is 2.86 bits per heavy atom. The summed E-state index contributed by atoms with van der Waals surface area (Å²) in [6.45, 7) is 2.82. The molecule has 14 heavy (non-hydrogen) atoms. The first-order valence-corrected chi connectivity index (χ1v) is 4.85. The van der Waals surface area contributed by atoms with E-state index in [4.69, 9.17) is 4.74 Å². The quantitative estimate of drug-likeness (QED) is 0.774. The Morgan fingerprint density at radius 2 is 2.29 bits per heavy atom. The zero-order chi connectivity index (χ0) is 10.4. The third-order valence-corrected chi connectivity index (χ3v) is 2.26. The largest absolute Gasteiger partial charge is 0.385 e. The van der Waals surface area contributed by atoms with E-state index in [0.717, 1.165) is 13.0 Å². The predicted molar refractivity (Wildman–Crippen MR) is 57.3 cm³/mol. The van der Waals surface area contributed by atoms with Crippen molar-refractivity contribution in [2.45, 2.75) is 19.4 Å². The summed E-state index contributed by atoms with van der Waals surface area (Å²) in [4.78, 5) is 4.18. The van der Waals surface area contributed by atoms with Crippen molar-refractivity contribution in [1.82, 2.24) is 10.3 Å². The Balaban J connectivity index is 2.68. The lowest BCUT2D eigenvalue weighted by Crippen LogP contribution is -2.18. The van der Waals surface area contributed by atoms with E-state index in [1.54, 1.807) is 7.11 Å². The molecule has 1 rings (SSSR count). The van der Waals surface area contributed by atoms with Gasteiger partial charge in [-0.2, -0.15) is 0 Å². The molecule has 0 saturated heterocycles. The van der Waals surface area contributed by atoms with Crippen molar-refractivity contribution in [3.63, 3.8) is 0 Å². The Labute approximate surface area is 85.5 Å². The van der Waals surface area contributed by atoms with E-state index in [0.29, 0.717) is 6.04 Å². The summed E-state index contributed by atoms with van der Waals surface area (Å²) < 4.78 is 5.07. The molecule has 1 heterocycles. The summed E-state index contributed by atoms with van der Waals surface area (Å²) in [5.74, 6) is 0. The Morgan fingerprint density at radius 1 is 1.50 bits per heavy atom. The molecule has 78 valence electrons. The number of nitrogens with zero attached hydrogens (tertiary/aromatic N) is 1. The van der Waals surface area contributed by atoms with E-state index >= 15 is 0 Å². The highest BCUT2D eigenvalue weighted by Gasteiger charge is 2.08. The molecule has 3 nitrogen and oxygen atoms in total. The van der Waals surface area contributed by atoms with Crippen molar-refractivity contribution in [3.8, 4) is 0 Å². The molecule has 0 aliphatic heterocycles. The molecular weight excluding hydrogens is 176 g/mol. The molecule has 3 heteroatoms. The monoisotopic (exact) mass is 194 g/mol. The SMILES string of the molecule is CNC(CCOC)c1cncc(C)c1. The van der Waals surface area contributed by atoms with Gasteiger partial charge in [0, 0.05) is 32.2 Å². The molecule has 0 radical (unpaired) electrons. The molecule has 0 spiro atoms. The fourth-order valence-electron chi connectivity index (χ4n) is 1.48. The smallest absolute Gasteiger partial charge is 0.0480 e. The number of pyridine rings is 1. The van der Waals surface area contributed by atoms with E-state index < -0.39 is 0 Å². The summed E-state index contributed by atoms with van der Waals surface area (Å²) in [6.07, 6.45) is 4.74. The van der Waals surface area contributed by atoms with Gasteiger partial charge in [0.05, 0.1) is 0 Å². The number of aryl methyl sites for hydroxylation is 1. The van der Waals surface area contributed by atoms with E-state index in [9.17, 15) is 0 Å². The molecule has 0 bridgehead atoms. The van der Waals surface area contributed by atoms with Crippen LogP contribution < -0.4 is 5.32 Å². The van der Waals surface area contributed by atoms with Crippen molar-refractivity contribution in [3.05, 3.63) is 29.6 Å². The Hall–Kier alpha value is -0.930. The van der Waals surface area contributed by atoms with Crippen LogP contribution in [-0.4, -0.2) is 25.7 Å². The van der Waals surface area contributed by atoms with Crippen LogP contribution in [0.5, 0.6) is 0 Å². The van der Waals surface area contributed by atoms with Crippen LogP contribution in [0.4, 0.5) is 0 Å². The van der Waals surface area contributed by atoms with Crippen LogP contribution >= 0.6 is 0 Å². The van der Waals surface area contributed by atoms with Crippen molar-refractivity contribution >= 4 is 0 Å². The Kier molecular flexibility index (Phi) is 4.56. The number of methoxy groups -OCH3 is 1. The van der Waals surface area contributed by atoms with Crippen molar-refractivity contribution < 1.29 is 4.74 Å². The van der Waals surface area contributed by atoms with Gasteiger partial charge in [0.2, 0.25) is 0 Å². The van der Waals surface area contributed by atoms with E-state index in [-0.39, 0.29) is 0 Å². The van der Waals surface area contributed by atoms with Crippen LogP contribution in [0.25, 0.3) is 0 Å². The second kappa shape index (κ2) is 5.73. The maximum Gasteiger partial charge on any atom is 0.0480 e. The fraction of sp³-hybridized carbons (Fsp3) is 0.545. The molecular formula is C11H18N2O. The van der Waals surface area contributed by atoms with Gasteiger partial charge in [0.1, 0.15) is 0 Å². The molecule has 0 aliphatic carbocycles. The molecule has 1 unspecified atom stereocenters. The van der Waals surface area contributed by atoms with E-state index in [1.807, 2.05) is 19.4 Å². The molecule has 1 aromatic heterocycles. The van der Waals surface area contributed by atoms with Crippen LogP contribution in [0, 0.1) is 6.92 Å². The first-order chi connectivity index (χ1) is 6.77. The van der Waals surface area contributed by atoms with Crippen molar-refractivity contribution in [2.24, 2.45) is 0 Å². The number of hydrogen-bond acceptors (Lipinski definition) is 3. The summed E-state index contributed by atoms with van der Waals surface area (Å²) in [5, 5.41) is 3.26. The van der Waals surface area contributed by atoms with Gasteiger partial charge < -0.3 is 10.1 Å². The minimum absolute atomic E-state index is 0.336. The number of ether oxygens (including phenoxy) is 1. The molecule has 0 fully saturated rings. The summed E-state index contributed by atoms with van der Waals surface area (Å²) in [7, 11) is 3.68. The van der Waals surface area contributed by atoms with Gasteiger partial charge in [-0.25, -0.2) is 0 Å². The van der Waals surface area contributed by atoms with Crippen LogP contribution in [-0.2, 0) is 4.74 Å². The lowest BCUT2D eigenvalue weighted by molar-refractivity contribution is 0.184. The minimum Gasteiger partial charge on any atom is -0.385 e. The highest BCUT2D eigenvalue weighted by molar-refractivity contribution is 5.19. The molecule has 1 aromatic rings. The van der Waals surface area contributed by atoms with E-state index in [2.05, 4.69) is 23.3 Å². The number of rotatable bonds is 5. The molecule has 0 aromatic carbocycles. The topological polar surface area (TPSA) is 34.1 Å². The van der Waals surface area contributed by atoms with Crippen molar-refractivity contribution in [2.75, 3.05) is 20.8 Å². The zero-order valence-electron chi connectivity index (χ0n) is 9.08. The van der Waals surface area contributed by atoms with Gasteiger partial charge in [-0.1, -0.05) is 6.07 Å². The maximum atomic E-state index is 5.07. The van der Waals surface area contributed by atoms with Gasteiger partial charge in [0.15, 0.2) is 0 Å². The summed E-state index contributed by atoms with van der Waals surface area (Å²) in [6, 6.07) is 2.49. The number of nitrogens with one attached hydrogen (secondary N) is 1. The second-order valence-electron chi connectivity index (χ2n) is 3.42. The average Bonchev–Trinajstić information content (AvgIpc) is 2.19. The fourth-order valence-corrected chi connectivity index (χ4v) is 1.48. The summed E-state index contributed by atoms with van der Waals surface area (Å²) >= 11 is 0. The summed E-state index contributed by atoms with van der Waals surface area (Å²) in [5.41, 5.74) is 2.42. The van der Waals surface area contributed by atoms with Gasteiger partial charge in [-0.05, 0) is 31.5 Å². The molecule has 0 saturated carbocycles. The molecule has 1 atom stereocenters. The number of hydrogen-bond donors (Lipinski definition) is 1. The first-order valence-electron chi connectivity index (χ1n) is 4.85. The molecule has 1 N–H and O–H groups in total. The standard InChI is InChI=1S/C11H18N2O/c1-9-6-10(8-13-7-9)11(12-2)4-5-14-3/h6-8,11-12H,4-5H2,1-3H3. The van der Waals surface area contributed by atoms with E-state index in [1.165, 1.54) is 11.1 Å². The minimum atomic E-state index is 0.336. The lowest BCUT2D eigenvalue weighted by Gasteiger charge is -2.15. The maximum absolute atomic E-state index is 5.07. The van der Waals surface area contributed by atoms with Crippen LogP contribution in [0.1, 0.15) is 23.6 Å². The normalized spacial score (nSPS) is 12.8. The zero-order valence-corrected chi connectivity index (χ0v) is 9.08. The predicted octanol–water partition coefficient (Wildman–Crippen LogP) is 1.69. The third kappa shape index (κ3) is 3.09. The Bertz CT molecular complexity index is 276. The highest BCUT2D eigenvalue weighted by atomic mass is 16.5. The molecule has 0 aliphatic rings. The van der Waals surface area contributed by atoms with Crippen LogP contribution in [0.2, 0.25) is 0 Å². The first kappa shape index (κ1) is 11.1. The lowest BCUT2D eigenvalue weighted by atomic mass is 10.1. The highest BCUT2D eigenvalue weighted by Crippen LogP contribution is 2.15. The average molecular weight is 194 g/mol. The van der Waals surface area contributed by atoms with Crippen molar-refractivity contribution in [1.29, 1.82) is 0 Å². The van der Waals surface area contributed by atoms with Gasteiger partial charge >= 0.3 is 0 Å². The van der Waals surface area contributed by atoms with Crippen LogP contribution in [0.15, 0.2) is 18.5 Å². The third-order valence-electron chi connectivity index (χ3n) is 2.26. The van der Waals surface area contributed by atoms with Gasteiger partial charge in [-0.15, -0.1) is 0 Å². The second-order valence-corrected chi connectivity index (χ2v) is 3.42. The van der Waals surface area contributed by atoms with Crippen LogP contribution in [0.3, 0.4) is 0 Å².